The number of fused-ring (bicyclic) bond motifs is 20. The summed E-state index contributed by atoms with van der Waals surface area (Å²) in [5, 5.41) is 2.75. The molecular formula is C32H17FN8Ti. The quantitative estimate of drug-likeness (QED) is 0.187. The largest absolute Gasteiger partial charge is 0.324 e. The van der Waals surface area contributed by atoms with Gasteiger partial charge in [-0.15, -0.1) is 0 Å². The SMILES string of the molecule is Fc1cccc2c3nc4nc(nc5[nH]c(nc6nc(nc([nH]3)c12)-c1ccccc1-6)c1ccccc51)-c1ccccc1-4.[Ti]. The number of H-pyrrole nitrogens is 2. The number of hydrogen-bond acceptors (Lipinski definition) is 6. The summed E-state index contributed by atoms with van der Waals surface area (Å²) in [6.07, 6.45) is 0. The summed E-state index contributed by atoms with van der Waals surface area (Å²) in [4.78, 5) is 36.0. The summed E-state index contributed by atoms with van der Waals surface area (Å²) in [6, 6.07) is 28.4. The molecule has 0 amide bonds. The number of benzene rings is 4. The van der Waals surface area contributed by atoms with Crippen LogP contribution in [0.4, 0.5) is 4.39 Å². The van der Waals surface area contributed by atoms with E-state index in [2.05, 4.69) is 9.97 Å². The van der Waals surface area contributed by atoms with Gasteiger partial charge < -0.3 is 9.97 Å². The molecule has 2 N–H and O–H groups in total. The van der Waals surface area contributed by atoms with Crippen LogP contribution in [0, 0.1) is 5.82 Å². The Balaban J connectivity index is 0.00000267. The normalized spacial score (nSPS) is 11.7. The third kappa shape index (κ3) is 3.57. The van der Waals surface area contributed by atoms with E-state index in [-0.39, 0.29) is 21.7 Å². The first-order valence-corrected chi connectivity index (χ1v) is 13.1. The maximum atomic E-state index is 15.3. The van der Waals surface area contributed by atoms with Crippen LogP contribution in [0.3, 0.4) is 0 Å². The fourth-order valence-electron chi connectivity index (χ4n) is 5.65. The molecule has 0 spiro atoms. The second-order valence-corrected chi connectivity index (χ2v) is 9.91. The van der Waals surface area contributed by atoms with Gasteiger partial charge in [-0.25, -0.2) is 34.3 Å². The topological polar surface area (TPSA) is 109 Å². The minimum atomic E-state index is -0.404. The van der Waals surface area contributed by atoms with Crippen LogP contribution in [0.5, 0.6) is 0 Å². The number of hydrogen-bond donors (Lipinski definition) is 2. The van der Waals surface area contributed by atoms with Gasteiger partial charge in [0.15, 0.2) is 23.3 Å². The van der Waals surface area contributed by atoms with Crippen LogP contribution in [-0.4, -0.2) is 39.9 Å². The third-order valence-corrected chi connectivity index (χ3v) is 7.53. The molecule has 7 aromatic rings. The molecule has 4 aromatic carbocycles. The maximum Gasteiger partial charge on any atom is 0.164 e. The summed E-state index contributed by atoms with van der Waals surface area (Å²) in [7, 11) is 0. The van der Waals surface area contributed by atoms with E-state index in [1.54, 1.807) is 6.07 Å². The molecule has 8 bridgehead atoms. The average Bonchev–Trinajstić information content (AvgIpc) is 3.73. The minimum absolute atomic E-state index is 0. The Kier molecular flexibility index (Phi) is 5.40. The van der Waals surface area contributed by atoms with Crippen molar-refractivity contribution in [2.75, 3.05) is 0 Å². The van der Waals surface area contributed by atoms with E-state index in [9.17, 15) is 0 Å². The Bertz CT molecular complexity index is 2410. The molecule has 42 heavy (non-hydrogen) atoms. The van der Waals surface area contributed by atoms with Crippen LogP contribution in [0.25, 0.3) is 89.7 Å². The standard InChI is InChI=1S/C32H17FN8.Ti/c33-23-15-7-14-22-24(23)32-40-30-21-13-6-5-12-20(21)28(38-30)36-26-17-9-2-1-8-16(17)25(34-26)35-27-18-10-3-4-11-19(18)29(37-27)39-31(22)41-32;/h1-15H,(H2,34,35,36,37,38,39,40,41);. The molecule has 10 heteroatoms. The van der Waals surface area contributed by atoms with E-state index in [1.165, 1.54) is 6.07 Å². The van der Waals surface area contributed by atoms with E-state index in [4.69, 9.17) is 29.9 Å². The van der Waals surface area contributed by atoms with Crippen LogP contribution in [0.2, 0.25) is 0 Å². The molecule has 2 aliphatic heterocycles. The van der Waals surface area contributed by atoms with E-state index in [0.29, 0.717) is 56.7 Å². The van der Waals surface area contributed by atoms with Crippen LogP contribution in [-0.2, 0) is 21.7 Å². The van der Waals surface area contributed by atoms with Crippen LogP contribution in [0.1, 0.15) is 0 Å². The molecule has 0 saturated heterocycles. The zero-order valence-corrected chi connectivity index (χ0v) is 23.3. The van der Waals surface area contributed by atoms with E-state index in [0.717, 1.165) is 33.0 Å². The predicted molar refractivity (Wildman–Crippen MR) is 156 cm³/mol. The predicted octanol–water partition coefficient (Wildman–Crippen LogP) is 7.01. The molecule has 0 atom stereocenters. The fraction of sp³-hybridized carbons (Fsp3) is 0. The third-order valence-electron chi connectivity index (χ3n) is 7.53. The maximum absolute atomic E-state index is 15.3. The van der Waals surface area contributed by atoms with Gasteiger partial charge in [0.05, 0.1) is 5.39 Å². The Labute approximate surface area is 251 Å². The van der Waals surface area contributed by atoms with Crippen molar-refractivity contribution >= 4 is 44.1 Å². The number of nitrogens with one attached hydrogen (secondary N) is 2. The minimum Gasteiger partial charge on any atom is -0.324 e. The number of rotatable bonds is 0. The van der Waals surface area contributed by atoms with Crippen LogP contribution in [0.15, 0.2) is 91.0 Å². The fourth-order valence-corrected chi connectivity index (χ4v) is 5.65. The molecule has 0 radical (unpaired) electrons. The van der Waals surface area contributed by atoms with Gasteiger partial charge >= 0.3 is 0 Å². The van der Waals surface area contributed by atoms with Gasteiger partial charge in [0.2, 0.25) is 0 Å². The summed E-state index contributed by atoms with van der Waals surface area (Å²) >= 11 is 0. The summed E-state index contributed by atoms with van der Waals surface area (Å²) < 4.78 is 15.3. The molecule has 0 unspecified atom stereocenters. The molecule has 0 saturated carbocycles. The Morgan fingerprint density at radius 3 is 1.29 bits per heavy atom. The first kappa shape index (κ1) is 24.7. The van der Waals surface area contributed by atoms with E-state index < -0.39 is 5.82 Å². The van der Waals surface area contributed by atoms with Crippen molar-refractivity contribution in [2.45, 2.75) is 0 Å². The molecule has 0 aliphatic carbocycles. The number of nitrogens with zero attached hydrogens (tertiary/aromatic N) is 6. The van der Waals surface area contributed by atoms with Crippen molar-refractivity contribution in [1.82, 2.24) is 39.9 Å². The second kappa shape index (κ2) is 9.20. The number of aromatic nitrogens is 8. The van der Waals surface area contributed by atoms with Crippen molar-refractivity contribution in [3.05, 3.63) is 96.8 Å². The molecule has 2 aliphatic rings. The Morgan fingerprint density at radius 1 is 0.405 bits per heavy atom. The van der Waals surface area contributed by atoms with Gasteiger partial charge in [-0.3, -0.25) is 0 Å². The summed E-state index contributed by atoms with van der Waals surface area (Å²) in [6.45, 7) is 0. The van der Waals surface area contributed by atoms with Crippen molar-refractivity contribution in [2.24, 2.45) is 0 Å². The molecule has 0 fully saturated rings. The average molecular weight is 580 g/mol. The first-order chi connectivity index (χ1) is 20.2. The Hall–Kier alpha value is -5.12. The molecule has 3 aromatic heterocycles. The first-order valence-electron chi connectivity index (χ1n) is 13.1. The monoisotopic (exact) mass is 580 g/mol. The molecule has 5 heterocycles. The van der Waals surface area contributed by atoms with Crippen molar-refractivity contribution in [3.63, 3.8) is 0 Å². The van der Waals surface area contributed by atoms with Crippen molar-refractivity contribution in [1.29, 1.82) is 0 Å². The van der Waals surface area contributed by atoms with Gasteiger partial charge in [-0.1, -0.05) is 84.9 Å². The van der Waals surface area contributed by atoms with Gasteiger partial charge in [-0.05, 0) is 6.07 Å². The zero-order chi connectivity index (χ0) is 27.1. The van der Waals surface area contributed by atoms with Gasteiger partial charge in [0, 0.05) is 60.1 Å². The van der Waals surface area contributed by atoms with Crippen molar-refractivity contribution < 1.29 is 26.1 Å². The summed E-state index contributed by atoms with van der Waals surface area (Å²) in [5.74, 6) is 1.54. The molecule has 9 rings (SSSR count). The zero-order valence-electron chi connectivity index (χ0n) is 21.7. The number of halogens is 1. The number of aromatic amines is 2. The van der Waals surface area contributed by atoms with Crippen LogP contribution >= 0.6 is 0 Å². The van der Waals surface area contributed by atoms with Gasteiger partial charge in [-0.2, -0.15) is 0 Å². The smallest absolute Gasteiger partial charge is 0.164 e. The second-order valence-electron chi connectivity index (χ2n) is 9.91. The Morgan fingerprint density at radius 2 is 0.786 bits per heavy atom. The molecule has 8 nitrogen and oxygen atoms in total. The van der Waals surface area contributed by atoms with Gasteiger partial charge in [0.25, 0.3) is 0 Å². The van der Waals surface area contributed by atoms with Crippen LogP contribution < -0.4 is 0 Å². The van der Waals surface area contributed by atoms with E-state index in [1.807, 2.05) is 78.9 Å². The van der Waals surface area contributed by atoms with Crippen molar-refractivity contribution in [3.8, 4) is 45.6 Å². The summed E-state index contributed by atoms with van der Waals surface area (Å²) in [5.41, 5.74) is 5.37. The van der Waals surface area contributed by atoms with Gasteiger partial charge in [0.1, 0.15) is 28.4 Å². The van der Waals surface area contributed by atoms with E-state index >= 15 is 4.39 Å². The molecular weight excluding hydrogens is 563 g/mol. The molecule has 196 valence electrons.